The van der Waals surface area contributed by atoms with Gasteiger partial charge in [0.15, 0.2) is 0 Å². The molecule has 0 fully saturated rings. The molecule has 0 heterocycles. The van der Waals surface area contributed by atoms with Gasteiger partial charge in [-0.3, -0.25) is 0 Å². The van der Waals surface area contributed by atoms with Gasteiger partial charge in [0.2, 0.25) is 0 Å². The van der Waals surface area contributed by atoms with Gasteiger partial charge < -0.3 is 0 Å². The monoisotopic (exact) mass is 195 g/mol. The normalized spacial score (nSPS) is 9.00. The Morgan fingerprint density at radius 2 is 1.10 bits per heavy atom. The third-order valence-electron chi connectivity index (χ3n) is 0.566. The fourth-order valence-corrected chi connectivity index (χ4v) is 0.671. The third kappa shape index (κ3) is 36.4. The average molecular weight is 195 g/mol. The first-order valence-electron chi connectivity index (χ1n) is 3.63. The minimum Gasteiger partial charge on any atom is -0.179 e. The highest BCUT2D eigenvalue weighted by molar-refractivity contribution is 7.80. The Hall–Kier alpha value is 0.917. The van der Waals surface area contributed by atoms with E-state index in [4.69, 9.17) is 0 Å². The van der Waals surface area contributed by atoms with Crippen molar-refractivity contribution >= 4 is 34.1 Å². The van der Waals surface area contributed by atoms with Crippen LogP contribution >= 0.6 is 25.3 Å². The predicted molar refractivity (Wildman–Crippen MR) is 60.3 cm³/mol. The van der Waals surface area contributed by atoms with E-state index in [0.717, 1.165) is 11.5 Å². The molecule has 0 atom stereocenters. The maximum absolute atomic E-state index is 4.02. The molecule has 10 heavy (non-hydrogen) atoms. The van der Waals surface area contributed by atoms with Crippen LogP contribution < -0.4 is 0 Å². The van der Waals surface area contributed by atoms with Crippen molar-refractivity contribution in [3.8, 4) is 0 Å². The molecule has 0 saturated carbocycles. The molecule has 0 bridgehead atoms. The third-order valence-corrected chi connectivity index (χ3v) is 1.20. The minimum atomic E-state index is 0.120. The van der Waals surface area contributed by atoms with Crippen molar-refractivity contribution in [3.63, 3.8) is 0 Å². The molecule has 0 saturated heterocycles. The second kappa shape index (κ2) is 12.6. The van der Waals surface area contributed by atoms with Crippen molar-refractivity contribution in [2.75, 3.05) is 11.5 Å². The van der Waals surface area contributed by atoms with Gasteiger partial charge in [-0.15, -0.1) is 0 Å². The van der Waals surface area contributed by atoms with Crippen molar-refractivity contribution in [1.82, 2.24) is 0 Å². The van der Waals surface area contributed by atoms with Gasteiger partial charge in [-0.2, -0.15) is 25.3 Å². The van der Waals surface area contributed by atoms with E-state index in [1.54, 1.807) is 0 Å². The Kier molecular flexibility index (Phi) is 17.0. The molecule has 63 valence electrons. The van der Waals surface area contributed by atoms with E-state index in [0.29, 0.717) is 0 Å². The average Bonchev–Trinajstić information content (AvgIpc) is 1.82. The topological polar surface area (TPSA) is 0 Å². The second-order valence-corrected chi connectivity index (χ2v) is 6.55. The zero-order valence-electron chi connectivity index (χ0n) is 7.22. The molecule has 0 aromatic rings. The summed E-state index contributed by atoms with van der Waals surface area (Å²) in [5.74, 6) is 2.00. The standard InChI is InChI=1S/C4H10S2.C3H9Si/c5-3-1-2-4-6;1-4(2)3/h5-6H,1-4H2;1-3H3. The van der Waals surface area contributed by atoms with Crippen molar-refractivity contribution in [1.29, 1.82) is 0 Å². The number of unbranched alkanes of at least 4 members (excludes halogenated alkanes) is 1. The maximum atomic E-state index is 4.02. The molecule has 3 heteroatoms. The molecule has 0 aliphatic heterocycles. The first-order chi connectivity index (χ1) is 4.65. The second-order valence-electron chi connectivity index (χ2n) is 2.65. The molecule has 0 unspecified atom stereocenters. The SMILES string of the molecule is C[Si](C)C.SCCCCS. The molecule has 0 spiro atoms. The number of thiol groups is 2. The number of hydrogen-bond donors (Lipinski definition) is 2. The summed E-state index contributed by atoms with van der Waals surface area (Å²) in [6.45, 7) is 6.81. The van der Waals surface area contributed by atoms with Gasteiger partial charge in [0.05, 0.1) is 0 Å². The summed E-state index contributed by atoms with van der Waals surface area (Å²) in [6, 6.07) is 0. The van der Waals surface area contributed by atoms with Crippen molar-refractivity contribution in [2.24, 2.45) is 0 Å². The van der Waals surface area contributed by atoms with Crippen LogP contribution in [0.2, 0.25) is 19.6 Å². The van der Waals surface area contributed by atoms with Crippen molar-refractivity contribution in [2.45, 2.75) is 32.5 Å². The van der Waals surface area contributed by atoms with E-state index in [9.17, 15) is 0 Å². The molecule has 0 aromatic carbocycles. The van der Waals surface area contributed by atoms with Crippen LogP contribution in [0.4, 0.5) is 0 Å². The number of hydrogen-bond acceptors (Lipinski definition) is 2. The summed E-state index contributed by atoms with van der Waals surface area (Å²) < 4.78 is 0. The Morgan fingerprint density at radius 1 is 0.900 bits per heavy atom. The molecular weight excluding hydrogens is 176 g/mol. The van der Waals surface area contributed by atoms with Gasteiger partial charge in [-0.25, -0.2) is 0 Å². The van der Waals surface area contributed by atoms with Gasteiger partial charge in [-0.05, 0) is 24.3 Å². The van der Waals surface area contributed by atoms with E-state index in [1.165, 1.54) is 12.8 Å². The van der Waals surface area contributed by atoms with Crippen LogP contribution in [-0.2, 0) is 0 Å². The van der Waals surface area contributed by atoms with E-state index >= 15 is 0 Å². The van der Waals surface area contributed by atoms with Gasteiger partial charge in [0, 0.05) is 8.80 Å². The van der Waals surface area contributed by atoms with E-state index < -0.39 is 0 Å². The van der Waals surface area contributed by atoms with Gasteiger partial charge >= 0.3 is 0 Å². The molecule has 0 aliphatic rings. The molecule has 0 aliphatic carbocycles. The van der Waals surface area contributed by atoms with Crippen LogP contribution in [0.3, 0.4) is 0 Å². The summed E-state index contributed by atoms with van der Waals surface area (Å²) >= 11 is 8.04. The fourth-order valence-electron chi connectivity index (χ4n) is 0.224. The van der Waals surface area contributed by atoms with E-state index in [2.05, 4.69) is 44.9 Å². The largest absolute Gasteiger partial charge is 0.179 e. The zero-order valence-corrected chi connectivity index (χ0v) is 10.0. The summed E-state index contributed by atoms with van der Waals surface area (Å²) in [5, 5.41) is 0. The first-order valence-corrected chi connectivity index (χ1v) is 7.90. The van der Waals surface area contributed by atoms with Gasteiger partial charge in [0.1, 0.15) is 0 Å². The Bertz CT molecular complexity index is 42.1. The Balaban J connectivity index is 0. The van der Waals surface area contributed by atoms with Crippen LogP contribution in [0.5, 0.6) is 0 Å². The van der Waals surface area contributed by atoms with E-state index in [1.807, 2.05) is 0 Å². The lowest BCUT2D eigenvalue weighted by Gasteiger charge is -1.85. The highest BCUT2D eigenvalue weighted by atomic mass is 32.1. The van der Waals surface area contributed by atoms with Crippen LogP contribution in [0, 0.1) is 0 Å². The van der Waals surface area contributed by atoms with Crippen LogP contribution in [0.15, 0.2) is 0 Å². The lowest BCUT2D eigenvalue weighted by molar-refractivity contribution is 0.912. The smallest absolute Gasteiger partial charge is 0.0379 e. The van der Waals surface area contributed by atoms with E-state index in [-0.39, 0.29) is 8.80 Å². The Morgan fingerprint density at radius 3 is 1.20 bits per heavy atom. The highest BCUT2D eigenvalue weighted by Crippen LogP contribution is 1.91. The predicted octanol–water partition coefficient (Wildman–Crippen LogP) is 3.00. The molecule has 0 nitrogen and oxygen atoms in total. The van der Waals surface area contributed by atoms with Crippen molar-refractivity contribution in [3.05, 3.63) is 0 Å². The maximum Gasteiger partial charge on any atom is 0.0379 e. The molecule has 0 aromatic heterocycles. The molecule has 0 N–H and O–H groups in total. The first kappa shape index (κ1) is 13.5. The fraction of sp³-hybridized carbons (Fsp3) is 1.00. The summed E-state index contributed by atoms with van der Waals surface area (Å²) in [7, 11) is 0.120. The molecular formula is C7H19S2Si. The highest BCUT2D eigenvalue weighted by Gasteiger charge is 1.76. The zero-order chi connectivity index (χ0) is 8.41. The summed E-state index contributed by atoms with van der Waals surface area (Å²) in [4.78, 5) is 0. The lowest BCUT2D eigenvalue weighted by atomic mass is 10.4. The van der Waals surface area contributed by atoms with Crippen LogP contribution in [0.1, 0.15) is 12.8 Å². The lowest BCUT2D eigenvalue weighted by Crippen LogP contribution is -1.84. The Labute approximate surface area is 78.2 Å². The quantitative estimate of drug-likeness (QED) is 0.386. The number of rotatable bonds is 3. The molecule has 0 rings (SSSR count). The van der Waals surface area contributed by atoms with Gasteiger partial charge in [-0.1, -0.05) is 19.6 Å². The summed E-state index contributed by atoms with van der Waals surface area (Å²) in [5.41, 5.74) is 0. The molecule has 0 amide bonds. The minimum absolute atomic E-state index is 0.120. The van der Waals surface area contributed by atoms with Crippen LogP contribution in [-0.4, -0.2) is 20.3 Å². The summed E-state index contributed by atoms with van der Waals surface area (Å²) in [6.07, 6.45) is 2.40. The van der Waals surface area contributed by atoms with Crippen LogP contribution in [0.25, 0.3) is 0 Å². The van der Waals surface area contributed by atoms with Crippen molar-refractivity contribution < 1.29 is 0 Å². The van der Waals surface area contributed by atoms with Gasteiger partial charge in [0.25, 0.3) is 0 Å². The molecule has 1 radical (unpaired) electrons.